The number of hydrogen-bond acceptors (Lipinski definition) is 5. The van der Waals surface area contributed by atoms with Crippen LogP contribution in [0, 0.1) is 0 Å². The van der Waals surface area contributed by atoms with E-state index in [0.29, 0.717) is 23.3 Å². The molecule has 0 N–H and O–H groups in total. The molecule has 8 aromatic carbocycles. The zero-order valence-electron chi connectivity index (χ0n) is 35.3. The quantitative estimate of drug-likeness (QED) is 0.160. The van der Waals surface area contributed by atoms with Gasteiger partial charge in [0.25, 0.3) is 0 Å². The summed E-state index contributed by atoms with van der Waals surface area (Å²) < 4.78 is 2.35. The first kappa shape index (κ1) is 37.4. The number of para-hydroxylation sites is 2. The van der Waals surface area contributed by atoms with Crippen LogP contribution in [0.1, 0.15) is 25.0 Å². The van der Waals surface area contributed by atoms with E-state index >= 15 is 0 Å². The summed E-state index contributed by atoms with van der Waals surface area (Å²) in [6, 6.07) is 72.0. The highest BCUT2D eigenvalue weighted by atomic mass is 15.0. The average Bonchev–Trinajstić information content (AvgIpc) is 3.82. The molecule has 12 rings (SSSR count). The van der Waals surface area contributed by atoms with Crippen LogP contribution in [0.15, 0.2) is 206 Å². The van der Waals surface area contributed by atoms with E-state index in [1.54, 1.807) is 0 Å². The van der Waals surface area contributed by atoms with Crippen molar-refractivity contribution in [2.24, 2.45) is 0 Å². The van der Waals surface area contributed by atoms with Crippen molar-refractivity contribution in [1.29, 1.82) is 0 Å². The van der Waals surface area contributed by atoms with Gasteiger partial charge < -0.3 is 4.57 Å². The molecular formula is C58H40N6. The second-order valence-electron chi connectivity index (χ2n) is 16.9. The van der Waals surface area contributed by atoms with Crippen LogP contribution in [0.4, 0.5) is 0 Å². The third-order valence-electron chi connectivity index (χ3n) is 12.6. The molecule has 0 bridgehead atoms. The third-order valence-corrected chi connectivity index (χ3v) is 12.6. The summed E-state index contributed by atoms with van der Waals surface area (Å²) in [5, 5.41) is 2.41. The molecule has 64 heavy (non-hydrogen) atoms. The van der Waals surface area contributed by atoms with Crippen molar-refractivity contribution in [1.82, 2.24) is 29.5 Å². The minimum atomic E-state index is -0.317. The average molecular weight is 821 g/mol. The van der Waals surface area contributed by atoms with Crippen molar-refractivity contribution in [3.63, 3.8) is 0 Å². The van der Waals surface area contributed by atoms with Gasteiger partial charge in [0, 0.05) is 60.8 Å². The molecule has 3 aromatic heterocycles. The summed E-state index contributed by atoms with van der Waals surface area (Å²) in [5.74, 6) is 2.61. The minimum absolute atomic E-state index is 0.317. The van der Waals surface area contributed by atoms with Gasteiger partial charge in [-0.3, -0.25) is 0 Å². The van der Waals surface area contributed by atoms with Crippen molar-refractivity contribution in [3.8, 4) is 84.9 Å². The summed E-state index contributed by atoms with van der Waals surface area (Å²) in [6.45, 7) is 4.59. The second-order valence-corrected chi connectivity index (χ2v) is 16.9. The molecule has 0 fully saturated rings. The van der Waals surface area contributed by atoms with E-state index in [1.807, 2.05) is 60.7 Å². The molecule has 6 nitrogen and oxygen atoms in total. The highest BCUT2D eigenvalue weighted by Gasteiger charge is 2.40. The molecule has 11 aromatic rings. The van der Waals surface area contributed by atoms with Gasteiger partial charge in [0.15, 0.2) is 23.3 Å². The lowest BCUT2D eigenvalue weighted by Gasteiger charge is -2.24. The predicted octanol–water partition coefficient (Wildman–Crippen LogP) is 14.1. The van der Waals surface area contributed by atoms with Crippen molar-refractivity contribution >= 4 is 21.8 Å². The van der Waals surface area contributed by atoms with E-state index in [9.17, 15) is 0 Å². The van der Waals surface area contributed by atoms with Gasteiger partial charge in [-0.15, -0.1) is 0 Å². The zero-order valence-corrected chi connectivity index (χ0v) is 35.3. The Hall–Kier alpha value is -8.35. The highest BCUT2D eigenvalue weighted by Crippen LogP contribution is 2.51. The molecule has 0 saturated heterocycles. The Kier molecular flexibility index (Phi) is 8.73. The summed E-state index contributed by atoms with van der Waals surface area (Å²) in [6.07, 6.45) is 0. The van der Waals surface area contributed by atoms with Crippen LogP contribution in [0.5, 0.6) is 0 Å². The van der Waals surface area contributed by atoms with Crippen LogP contribution in [0.2, 0.25) is 0 Å². The maximum Gasteiger partial charge on any atom is 0.164 e. The number of nitrogens with zero attached hydrogens (tertiary/aromatic N) is 6. The molecule has 1 aliphatic rings. The molecule has 3 heterocycles. The Balaban J connectivity index is 0.977. The number of rotatable bonds is 7. The first-order chi connectivity index (χ1) is 31.5. The van der Waals surface area contributed by atoms with Crippen LogP contribution in [-0.2, 0) is 5.41 Å². The zero-order chi connectivity index (χ0) is 42.8. The van der Waals surface area contributed by atoms with Gasteiger partial charge in [-0.1, -0.05) is 190 Å². The first-order valence-electron chi connectivity index (χ1n) is 21.7. The number of benzene rings is 8. The normalized spacial score (nSPS) is 12.7. The van der Waals surface area contributed by atoms with Crippen molar-refractivity contribution < 1.29 is 0 Å². The fourth-order valence-electron chi connectivity index (χ4n) is 9.52. The fourth-order valence-corrected chi connectivity index (χ4v) is 9.52. The molecule has 0 spiro atoms. The smallest absolute Gasteiger partial charge is 0.164 e. The van der Waals surface area contributed by atoms with Crippen molar-refractivity contribution in [2.75, 3.05) is 0 Å². The lowest BCUT2D eigenvalue weighted by Crippen LogP contribution is -2.17. The van der Waals surface area contributed by atoms with Crippen LogP contribution in [0.25, 0.3) is 107 Å². The van der Waals surface area contributed by atoms with Crippen LogP contribution >= 0.6 is 0 Å². The Bertz CT molecular complexity index is 3500. The second kappa shape index (κ2) is 14.9. The maximum atomic E-state index is 5.54. The van der Waals surface area contributed by atoms with Gasteiger partial charge in [0.05, 0.1) is 22.4 Å². The summed E-state index contributed by atoms with van der Waals surface area (Å²) in [4.78, 5) is 25.8. The Labute approximate surface area is 371 Å². The molecule has 0 atom stereocenters. The molecule has 0 saturated carbocycles. The van der Waals surface area contributed by atoms with E-state index < -0.39 is 0 Å². The molecule has 1 aliphatic carbocycles. The van der Waals surface area contributed by atoms with Gasteiger partial charge >= 0.3 is 0 Å². The fraction of sp³-hybridized carbons (Fsp3) is 0.0517. The molecule has 0 radical (unpaired) electrons. The summed E-state index contributed by atoms with van der Waals surface area (Å²) >= 11 is 0. The number of hydrogen-bond donors (Lipinski definition) is 0. The van der Waals surface area contributed by atoms with Gasteiger partial charge in [-0.05, 0) is 47.0 Å². The molecule has 6 heteroatoms. The maximum absolute atomic E-state index is 5.54. The lowest BCUT2D eigenvalue weighted by molar-refractivity contribution is 0.658. The molecule has 0 amide bonds. The van der Waals surface area contributed by atoms with Crippen molar-refractivity contribution in [2.45, 2.75) is 19.3 Å². The number of aromatic nitrogens is 6. The molecule has 0 aliphatic heterocycles. The number of fused-ring (bicyclic) bond motifs is 6. The topological polar surface area (TPSA) is 69.4 Å². The Morgan fingerprint density at radius 3 is 1.55 bits per heavy atom. The molecular weight excluding hydrogens is 781 g/mol. The monoisotopic (exact) mass is 820 g/mol. The van der Waals surface area contributed by atoms with Gasteiger partial charge in [-0.2, -0.15) is 0 Å². The largest absolute Gasteiger partial charge is 0.309 e. The van der Waals surface area contributed by atoms with E-state index in [1.165, 1.54) is 21.9 Å². The van der Waals surface area contributed by atoms with Crippen LogP contribution < -0.4 is 0 Å². The Morgan fingerprint density at radius 1 is 0.344 bits per heavy atom. The molecule has 302 valence electrons. The van der Waals surface area contributed by atoms with Gasteiger partial charge in [-0.25, -0.2) is 24.9 Å². The first-order valence-corrected chi connectivity index (χ1v) is 21.7. The van der Waals surface area contributed by atoms with E-state index in [-0.39, 0.29) is 5.41 Å². The lowest BCUT2D eigenvalue weighted by atomic mass is 9.80. The van der Waals surface area contributed by atoms with Crippen molar-refractivity contribution in [3.05, 3.63) is 217 Å². The summed E-state index contributed by atoms with van der Waals surface area (Å²) in [5.41, 5.74) is 15.5. The Morgan fingerprint density at radius 2 is 0.844 bits per heavy atom. The standard InChI is InChI=1S/C58H40N6/c1-58(2)48-27-14-12-26-47(48)53-51(58)52(59-57(60-53)43-33-34-46-45-25-13-15-28-49(45)64(50(46)36-43)44-23-10-5-11-24-44)42-22-16-21-41(35-42)37-29-31-40(32-30-37)56-62-54(38-17-6-3-7-18-38)61-55(63-56)39-19-8-4-9-20-39/h3-36H,1-2H3. The molecule has 0 unspecified atom stereocenters. The summed E-state index contributed by atoms with van der Waals surface area (Å²) in [7, 11) is 0. The van der Waals surface area contributed by atoms with E-state index in [0.717, 1.165) is 72.7 Å². The van der Waals surface area contributed by atoms with Crippen LogP contribution in [0.3, 0.4) is 0 Å². The minimum Gasteiger partial charge on any atom is -0.309 e. The third kappa shape index (κ3) is 6.22. The van der Waals surface area contributed by atoms with Gasteiger partial charge in [0.2, 0.25) is 0 Å². The SMILES string of the molecule is CC1(C)c2ccccc2-c2nc(-c3ccc4c5ccccc5n(-c5ccccc5)c4c3)nc(-c3cccc(-c4ccc(-c5nc(-c6ccccc6)nc(-c6ccccc6)n5)cc4)c3)c21. The van der Waals surface area contributed by atoms with Gasteiger partial charge in [0.1, 0.15) is 0 Å². The van der Waals surface area contributed by atoms with Crippen LogP contribution in [-0.4, -0.2) is 29.5 Å². The predicted molar refractivity (Wildman–Crippen MR) is 260 cm³/mol. The van der Waals surface area contributed by atoms with E-state index in [2.05, 4.69) is 164 Å². The van der Waals surface area contributed by atoms with E-state index in [4.69, 9.17) is 24.9 Å². The highest BCUT2D eigenvalue weighted by molar-refractivity contribution is 6.10.